The lowest BCUT2D eigenvalue weighted by atomic mass is 10.1. The van der Waals surface area contributed by atoms with Gasteiger partial charge in [0.15, 0.2) is 0 Å². The van der Waals surface area contributed by atoms with Crippen LogP contribution in [0.15, 0.2) is 24.3 Å². The lowest BCUT2D eigenvalue weighted by molar-refractivity contribution is -0.126. The van der Waals surface area contributed by atoms with Crippen molar-refractivity contribution in [3.05, 3.63) is 24.3 Å². The Kier molecular flexibility index (Phi) is 5.38. The van der Waals surface area contributed by atoms with Crippen molar-refractivity contribution in [3.63, 3.8) is 0 Å². The topological polar surface area (TPSA) is 58.6 Å². The van der Waals surface area contributed by atoms with Crippen LogP contribution in [0.5, 0.6) is 5.75 Å². The van der Waals surface area contributed by atoms with Crippen molar-refractivity contribution in [2.45, 2.75) is 51.5 Å². The van der Waals surface area contributed by atoms with E-state index in [0.717, 1.165) is 30.7 Å². The van der Waals surface area contributed by atoms with Gasteiger partial charge in [-0.3, -0.25) is 9.59 Å². The van der Waals surface area contributed by atoms with Gasteiger partial charge in [-0.2, -0.15) is 0 Å². The van der Waals surface area contributed by atoms with E-state index in [2.05, 4.69) is 12.2 Å². The summed E-state index contributed by atoms with van der Waals surface area (Å²) in [6, 6.07) is 7.84. The minimum absolute atomic E-state index is 0.0174. The lowest BCUT2D eigenvalue weighted by Crippen LogP contribution is -2.38. The maximum atomic E-state index is 12.4. The highest BCUT2D eigenvalue weighted by Gasteiger charge is 2.36. The number of carbonyl (C=O) groups is 2. The number of ether oxygens (including phenoxy) is 1. The molecule has 1 aromatic rings. The second-order valence-electron chi connectivity index (χ2n) is 6.74. The molecule has 2 fully saturated rings. The van der Waals surface area contributed by atoms with E-state index in [-0.39, 0.29) is 17.7 Å². The van der Waals surface area contributed by atoms with Crippen molar-refractivity contribution in [2.75, 3.05) is 18.1 Å². The fourth-order valence-corrected chi connectivity index (χ4v) is 3.46. The Morgan fingerprint density at radius 3 is 2.62 bits per heavy atom. The molecule has 1 aromatic carbocycles. The highest BCUT2D eigenvalue weighted by molar-refractivity contribution is 6.00. The van der Waals surface area contributed by atoms with Crippen LogP contribution >= 0.6 is 0 Å². The van der Waals surface area contributed by atoms with Gasteiger partial charge < -0.3 is 15.0 Å². The monoisotopic (exact) mass is 330 g/mol. The molecule has 3 rings (SSSR count). The van der Waals surface area contributed by atoms with Crippen LogP contribution < -0.4 is 15.0 Å². The average Bonchev–Trinajstić information content (AvgIpc) is 3.23. The number of nitrogens with zero attached hydrogens (tertiary/aromatic N) is 1. The molecule has 1 saturated carbocycles. The number of amides is 2. The van der Waals surface area contributed by atoms with Gasteiger partial charge in [0.25, 0.3) is 0 Å². The first kappa shape index (κ1) is 16.8. The van der Waals surface area contributed by atoms with Gasteiger partial charge in [-0.15, -0.1) is 0 Å². The third kappa shape index (κ3) is 3.89. The molecule has 1 aliphatic carbocycles. The van der Waals surface area contributed by atoms with Crippen molar-refractivity contribution < 1.29 is 14.3 Å². The van der Waals surface area contributed by atoms with E-state index in [1.807, 2.05) is 24.3 Å². The number of carbonyl (C=O) groups excluding carboxylic acids is 2. The summed E-state index contributed by atoms with van der Waals surface area (Å²) in [6.07, 6.45) is 5.77. The van der Waals surface area contributed by atoms with Gasteiger partial charge in [-0.05, 0) is 43.5 Å². The van der Waals surface area contributed by atoms with Crippen LogP contribution in [0.2, 0.25) is 0 Å². The van der Waals surface area contributed by atoms with Gasteiger partial charge in [0.2, 0.25) is 11.8 Å². The van der Waals surface area contributed by atoms with E-state index < -0.39 is 0 Å². The van der Waals surface area contributed by atoms with Gasteiger partial charge in [0, 0.05) is 24.7 Å². The van der Waals surface area contributed by atoms with E-state index in [1.165, 1.54) is 12.8 Å². The zero-order valence-corrected chi connectivity index (χ0v) is 14.3. The molecule has 1 atom stereocenters. The third-order valence-electron chi connectivity index (χ3n) is 4.82. The third-order valence-corrected chi connectivity index (χ3v) is 4.82. The molecule has 0 spiro atoms. The zero-order valence-electron chi connectivity index (χ0n) is 14.3. The molecule has 5 heteroatoms. The second-order valence-corrected chi connectivity index (χ2v) is 6.74. The molecule has 0 aromatic heterocycles. The summed E-state index contributed by atoms with van der Waals surface area (Å²) in [5, 5.41) is 3.11. The van der Waals surface area contributed by atoms with Crippen molar-refractivity contribution in [2.24, 2.45) is 5.92 Å². The Morgan fingerprint density at radius 2 is 1.96 bits per heavy atom. The van der Waals surface area contributed by atoms with Crippen molar-refractivity contribution in [1.29, 1.82) is 0 Å². The Bertz CT molecular complexity index is 579. The molecule has 2 aliphatic rings. The van der Waals surface area contributed by atoms with Gasteiger partial charge in [0.1, 0.15) is 5.75 Å². The standard InChI is InChI=1S/C19H26N2O3/c1-2-11-24-17-9-7-16(8-10-17)21-13-14(12-18(21)22)19(23)20-15-5-3-4-6-15/h7-10,14-15H,2-6,11-13H2,1H3,(H,20,23)/t14-/m0/s1. The fraction of sp³-hybridized carbons (Fsp3) is 0.579. The van der Waals surface area contributed by atoms with Crippen molar-refractivity contribution >= 4 is 17.5 Å². The molecule has 5 nitrogen and oxygen atoms in total. The predicted octanol–water partition coefficient (Wildman–Crippen LogP) is 2.89. The van der Waals surface area contributed by atoms with Gasteiger partial charge in [0.05, 0.1) is 12.5 Å². The fourth-order valence-electron chi connectivity index (χ4n) is 3.46. The molecule has 130 valence electrons. The number of nitrogens with one attached hydrogen (secondary N) is 1. The van der Waals surface area contributed by atoms with E-state index in [9.17, 15) is 9.59 Å². The Morgan fingerprint density at radius 1 is 1.25 bits per heavy atom. The molecule has 2 amide bonds. The number of anilines is 1. The maximum absolute atomic E-state index is 12.4. The number of hydrogen-bond acceptors (Lipinski definition) is 3. The predicted molar refractivity (Wildman–Crippen MR) is 93.1 cm³/mol. The van der Waals surface area contributed by atoms with E-state index in [0.29, 0.717) is 25.6 Å². The SMILES string of the molecule is CCCOc1ccc(N2C[C@@H](C(=O)NC3CCCC3)CC2=O)cc1. The van der Waals surface area contributed by atoms with Crippen LogP contribution in [0.3, 0.4) is 0 Å². The zero-order chi connectivity index (χ0) is 16.9. The van der Waals surface area contributed by atoms with Crippen molar-refractivity contribution in [1.82, 2.24) is 5.32 Å². The van der Waals surface area contributed by atoms with Crippen LogP contribution in [0.1, 0.15) is 45.4 Å². The van der Waals surface area contributed by atoms with Crippen LogP contribution in [-0.4, -0.2) is 31.0 Å². The first-order valence-corrected chi connectivity index (χ1v) is 9.01. The van der Waals surface area contributed by atoms with E-state index in [1.54, 1.807) is 4.90 Å². The maximum Gasteiger partial charge on any atom is 0.227 e. The van der Waals surface area contributed by atoms with Crippen LogP contribution in [0, 0.1) is 5.92 Å². The molecule has 1 N–H and O–H groups in total. The Labute approximate surface area is 143 Å². The van der Waals surface area contributed by atoms with E-state index in [4.69, 9.17) is 4.74 Å². The Balaban J connectivity index is 1.58. The smallest absolute Gasteiger partial charge is 0.227 e. The molecular formula is C19H26N2O3. The number of benzene rings is 1. The highest BCUT2D eigenvalue weighted by atomic mass is 16.5. The summed E-state index contributed by atoms with van der Waals surface area (Å²) in [6.45, 7) is 3.21. The molecular weight excluding hydrogens is 304 g/mol. The van der Waals surface area contributed by atoms with Gasteiger partial charge in [-0.25, -0.2) is 0 Å². The molecule has 0 bridgehead atoms. The van der Waals surface area contributed by atoms with Gasteiger partial charge >= 0.3 is 0 Å². The lowest BCUT2D eigenvalue weighted by Gasteiger charge is -2.18. The Hall–Kier alpha value is -2.04. The molecule has 24 heavy (non-hydrogen) atoms. The molecule has 1 saturated heterocycles. The summed E-state index contributed by atoms with van der Waals surface area (Å²) in [5.41, 5.74) is 0.833. The molecule has 0 radical (unpaired) electrons. The quantitative estimate of drug-likeness (QED) is 0.872. The summed E-state index contributed by atoms with van der Waals surface area (Å²) in [5.74, 6) is 0.612. The average molecular weight is 330 g/mol. The minimum atomic E-state index is -0.242. The van der Waals surface area contributed by atoms with Gasteiger partial charge in [-0.1, -0.05) is 19.8 Å². The number of rotatable bonds is 6. The highest BCUT2D eigenvalue weighted by Crippen LogP contribution is 2.27. The largest absolute Gasteiger partial charge is 0.494 e. The summed E-state index contributed by atoms with van der Waals surface area (Å²) >= 11 is 0. The van der Waals surface area contributed by atoms with Crippen LogP contribution in [-0.2, 0) is 9.59 Å². The minimum Gasteiger partial charge on any atom is -0.494 e. The normalized spacial score (nSPS) is 21.3. The molecule has 1 heterocycles. The molecule has 1 aliphatic heterocycles. The number of hydrogen-bond donors (Lipinski definition) is 1. The summed E-state index contributed by atoms with van der Waals surface area (Å²) in [4.78, 5) is 26.4. The molecule has 0 unspecified atom stereocenters. The first-order chi connectivity index (χ1) is 11.7. The summed E-state index contributed by atoms with van der Waals surface area (Å²) in [7, 11) is 0. The van der Waals surface area contributed by atoms with E-state index >= 15 is 0 Å². The first-order valence-electron chi connectivity index (χ1n) is 9.01. The summed E-state index contributed by atoms with van der Waals surface area (Å²) < 4.78 is 5.57. The van der Waals surface area contributed by atoms with Crippen LogP contribution in [0.4, 0.5) is 5.69 Å². The van der Waals surface area contributed by atoms with Crippen LogP contribution in [0.25, 0.3) is 0 Å². The van der Waals surface area contributed by atoms with Crippen molar-refractivity contribution in [3.8, 4) is 5.75 Å². The second kappa shape index (κ2) is 7.69.